The van der Waals surface area contributed by atoms with Gasteiger partial charge in [0, 0.05) is 30.0 Å². The van der Waals surface area contributed by atoms with Gasteiger partial charge in [-0.3, -0.25) is 9.59 Å². The highest BCUT2D eigenvalue weighted by Gasteiger charge is 2.40. The second-order valence-corrected chi connectivity index (χ2v) is 14.5. The number of carbonyl (C=O) groups excluding carboxylic acids is 3. The third-order valence-corrected chi connectivity index (χ3v) is 10.3. The minimum atomic E-state index is -0.789. The maximum absolute atomic E-state index is 13.8. The van der Waals surface area contributed by atoms with Gasteiger partial charge in [0.2, 0.25) is 11.8 Å². The average molecular weight is 721 g/mol. The molecule has 3 amide bonds. The minimum absolute atomic E-state index is 0.0234. The SMILES string of the molecule is CO/N=C1\C[C@@H](c2nc3ccc(C#Cc4ccc(-c5cnc([C@@H]6CCCN6C(=O)[C@@H](C)C(C)C)[nH]5)cc4)cc3[nH]2)N(C(=O)[C@@H](NC(=O)OC)C(C)C)C1. The Balaban J connectivity index is 1.16. The molecule has 2 aliphatic rings. The van der Waals surface area contributed by atoms with Crippen molar-refractivity contribution in [2.75, 3.05) is 27.3 Å². The molecule has 6 rings (SSSR count). The third kappa shape index (κ3) is 8.06. The summed E-state index contributed by atoms with van der Waals surface area (Å²) in [5, 5.41) is 6.80. The summed E-state index contributed by atoms with van der Waals surface area (Å²) in [5.74, 6) is 7.98. The van der Waals surface area contributed by atoms with E-state index in [4.69, 9.17) is 14.6 Å². The van der Waals surface area contributed by atoms with Crippen LogP contribution >= 0.6 is 0 Å². The number of H-pyrrole nitrogens is 2. The number of hydrogen-bond acceptors (Lipinski definition) is 8. The van der Waals surface area contributed by atoms with Crippen molar-refractivity contribution in [2.45, 2.75) is 72.0 Å². The lowest BCUT2D eigenvalue weighted by Crippen LogP contribution is -2.51. The molecular weight excluding hydrogens is 672 g/mol. The van der Waals surface area contributed by atoms with Crippen molar-refractivity contribution < 1.29 is 24.0 Å². The molecule has 13 heteroatoms. The van der Waals surface area contributed by atoms with Crippen molar-refractivity contribution in [1.82, 2.24) is 35.1 Å². The van der Waals surface area contributed by atoms with E-state index in [1.807, 2.05) is 74.3 Å². The van der Waals surface area contributed by atoms with Gasteiger partial charge in [-0.1, -0.05) is 63.7 Å². The van der Waals surface area contributed by atoms with E-state index >= 15 is 0 Å². The predicted molar refractivity (Wildman–Crippen MR) is 201 cm³/mol. The first kappa shape index (κ1) is 37.1. The topological polar surface area (TPSA) is 158 Å². The fraction of sp³-hybridized carbons (Fsp3) is 0.450. The number of aromatic amines is 2. The van der Waals surface area contributed by atoms with E-state index in [0.717, 1.165) is 58.6 Å². The number of oxime groups is 1. The number of nitrogens with zero attached hydrogens (tertiary/aromatic N) is 5. The third-order valence-electron chi connectivity index (χ3n) is 10.3. The molecule has 2 fully saturated rings. The molecular formula is C40H48N8O5. The van der Waals surface area contributed by atoms with Crippen molar-refractivity contribution in [3.63, 3.8) is 0 Å². The highest BCUT2D eigenvalue weighted by atomic mass is 16.6. The number of hydrogen-bond donors (Lipinski definition) is 3. The maximum atomic E-state index is 13.8. The van der Waals surface area contributed by atoms with Crippen LogP contribution in [0.4, 0.5) is 4.79 Å². The average Bonchev–Trinajstić information content (AvgIpc) is 3.98. The summed E-state index contributed by atoms with van der Waals surface area (Å²) in [6, 6.07) is 12.5. The van der Waals surface area contributed by atoms with Crippen molar-refractivity contribution in [3.05, 3.63) is 71.4 Å². The van der Waals surface area contributed by atoms with Crippen LogP contribution in [0.15, 0.2) is 53.8 Å². The zero-order chi connectivity index (χ0) is 37.8. The summed E-state index contributed by atoms with van der Waals surface area (Å²) in [5.41, 5.74) is 5.79. The van der Waals surface area contributed by atoms with Crippen LogP contribution in [-0.4, -0.2) is 86.7 Å². The van der Waals surface area contributed by atoms with Crippen LogP contribution in [0.2, 0.25) is 0 Å². The van der Waals surface area contributed by atoms with Crippen molar-refractivity contribution in [3.8, 4) is 23.1 Å². The number of imidazole rings is 2. The second-order valence-electron chi connectivity index (χ2n) is 14.5. The number of methoxy groups -OCH3 is 1. The van der Waals surface area contributed by atoms with Gasteiger partial charge in [0.25, 0.3) is 0 Å². The first-order chi connectivity index (χ1) is 25.5. The van der Waals surface area contributed by atoms with Gasteiger partial charge in [-0.05, 0) is 60.6 Å². The molecule has 2 saturated heterocycles. The summed E-state index contributed by atoms with van der Waals surface area (Å²) in [6.45, 7) is 10.9. The number of aromatic nitrogens is 4. The molecule has 13 nitrogen and oxygen atoms in total. The number of benzene rings is 2. The fourth-order valence-corrected chi connectivity index (χ4v) is 6.91. The van der Waals surface area contributed by atoms with Crippen LogP contribution in [0.1, 0.15) is 88.7 Å². The van der Waals surface area contributed by atoms with Crippen LogP contribution in [0.5, 0.6) is 0 Å². The van der Waals surface area contributed by atoms with Gasteiger partial charge in [0.15, 0.2) is 0 Å². The van der Waals surface area contributed by atoms with Gasteiger partial charge in [0.1, 0.15) is 24.8 Å². The maximum Gasteiger partial charge on any atom is 0.407 e. The lowest BCUT2D eigenvalue weighted by atomic mass is 9.96. The van der Waals surface area contributed by atoms with E-state index in [0.29, 0.717) is 23.9 Å². The number of ether oxygens (including phenoxy) is 1. The van der Waals surface area contributed by atoms with E-state index in [9.17, 15) is 14.4 Å². The fourth-order valence-electron chi connectivity index (χ4n) is 6.91. The predicted octanol–water partition coefficient (Wildman–Crippen LogP) is 5.96. The standard InChI is InChI=1S/C40H48N8O5/c1-23(2)25(5)38(49)47-18-8-9-33(47)36-41-21-32(44-36)28-15-12-26(13-16-28)10-11-27-14-17-30-31(19-27)43-37(42-30)34-20-29(46-53-7)22-48(34)39(50)35(24(3)4)45-40(51)52-6/h12-17,19,21,23-25,33-35H,8-9,18,20,22H2,1-7H3,(H,41,44)(H,42,43)(H,45,51)/b46-29+/t25-,33-,34-,35-/m0/s1. The Labute approximate surface area is 309 Å². The van der Waals surface area contributed by atoms with Gasteiger partial charge in [0.05, 0.1) is 54.4 Å². The number of alkyl carbamates (subject to hydrolysis) is 1. The molecule has 2 aliphatic heterocycles. The van der Waals surface area contributed by atoms with Crippen molar-refractivity contribution >= 4 is 34.7 Å². The molecule has 0 bridgehead atoms. The van der Waals surface area contributed by atoms with Gasteiger partial charge >= 0.3 is 6.09 Å². The van der Waals surface area contributed by atoms with Crippen LogP contribution in [-0.2, 0) is 19.2 Å². The summed E-state index contributed by atoms with van der Waals surface area (Å²) < 4.78 is 4.77. The number of likely N-dealkylation sites (tertiary alicyclic amines) is 2. The smallest absolute Gasteiger partial charge is 0.407 e. The zero-order valence-corrected chi connectivity index (χ0v) is 31.4. The molecule has 0 saturated carbocycles. The van der Waals surface area contributed by atoms with Gasteiger partial charge < -0.3 is 34.7 Å². The molecule has 4 atom stereocenters. The zero-order valence-electron chi connectivity index (χ0n) is 31.4. The summed E-state index contributed by atoms with van der Waals surface area (Å²) in [7, 11) is 2.74. The highest BCUT2D eigenvalue weighted by Crippen LogP contribution is 2.34. The quantitative estimate of drug-likeness (QED) is 0.142. The molecule has 278 valence electrons. The molecule has 4 heterocycles. The van der Waals surface area contributed by atoms with Crippen molar-refractivity contribution in [2.24, 2.45) is 22.9 Å². The van der Waals surface area contributed by atoms with Gasteiger partial charge in [-0.25, -0.2) is 14.8 Å². The normalized spacial score (nSPS) is 19.1. The van der Waals surface area contributed by atoms with Crippen LogP contribution in [0.25, 0.3) is 22.3 Å². The Morgan fingerprint density at radius 3 is 2.34 bits per heavy atom. The van der Waals surface area contributed by atoms with E-state index in [-0.39, 0.29) is 36.2 Å². The summed E-state index contributed by atoms with van der Waals surface area (Å²) in [6.07, 6.45) is 3.48. The molecule has 0 radical (unpaired) electrons. The number of carbonyl (C=O) groups is 3. The van der Waals surface area contributed by atoms with E-state index in [1.54, 1.807) is 4.90 Å². The monoisotopic (exact) mass is 720 g/mol. The van der Waals surface area contributed by atoms with Crippen LogP contribution in [0.3, 0.4) is 0 Å². The number of rotatable bonds is 9. The number of nitrogens with one attached hydrogen (secondary N) is 3. The minimum Gasteiger partial charge on any atom is -0.453 e. The lowest BCUT2D eigenvalue weighted by Gasteiger charge is -2.29. The van der Waals surface area contributed by atoms with Crippen LogP contribution < -0.4 is 5.32 Å². The van der Waals surface area contributed by atoms with E-state index < -0.39 is 18.2 Å². The van der Waals surface area contributed by atoms with Gasteiger partial charge in [-0.2, -0.15) is 0 Å². The summed E-state index contributed by atoms with van der Waals surface area (Å²) >= 11 is 0. The van der Waals surface area contributed by atoms with Crippen molar-refractivity contribution in [1.29, 1.82) is 0 Å². The summed E-state index contributed by atoms with van der Waals surface area (Å²) in [4.78, 5) is 64.0. The molecule has 2 aromatic heterocycles. The molecule has 3 N–H and O–H groups in total. The van der Waals surface area contributed by atoms with Crippen LogP contribution in [0, 0.1) is 29.6 Å². The first-order valence-corrected chi connectivity index (χ1v) is 18.2. The Morgan fingerprint density at radius 1 is 0.906 bits per heavy atom. The van der Waals surface area contributed by atoms with E-state index in [2.05, 4.69) is 51.1 Å². The molecule has 2 aromatic carbocycles. The molecule has 0 spiro atoms. The lowest BCUT2D eigenvalue weighted by molar-refractivity contribution is -0.137. The largest absolute Gasteiger partial charge is 0.453 e. The molecule has 0 aliphatic carbocycles. The Morgan fingerprint density at radius 2 is 1.64 bits per heavy atom. The Bertz CT molecular complexity index is 2050. The Hall–Kier alpha value is -5.64. The molecule has 0 unspecified atom stereocenters. The number of amides is 3. The van der Waals surface area contributed by atoms with Gasteiger partial charge in [-0.15, -0.1) is 0 Å². The Kier molecular flexibility index (Phi) is 11.2. The van der Waals surface area contributed by atoms with E-state index in [1.165, 1.54) is 14.2 Å². The molecule has 53 heavy (non-hydrogen) atoms. The highest BCUT2D eigenvalue weighted by molar-refractivity contribution is 5.96. The first-order valence-electron chi connectivity index (χ1n) is 18.2. The molecule has 4 aromatic rings. The second kappa shape index (κ2) is 15.9. The number of fused-ring (bicyclic) bond motifs is 1.